The number of carbonyl (C=O) groups is 1. The summed E-state index contributed by atoms with van der Waals surface area (Å²) in [5.41, 5.74) is 6.75. The molecule has 1 atom stereocenters. The Morgan fingerprint density at radius 1 is 1.50 bits per heavy atom. The van der Waals surface area contributed by atoms with E-state index in [1.165, 1.54) is 11.3 Å². The molecule has 2 N–H and O–H groups in total. The van der Waals surface area contributed by atoms with Gasteiger partial charge in [-0.3, -0.25) is 4.79 Å². The van der Waals surface area contributed by atoms with Crippen LogP contribution in [0, 0.1) is 0 Å². The van der Waals surface area contributed by atoms with E-state index in [0.29, 0.717) is 10.6 Å². The molecule has 2 rings (SSSR count). The van der Waals surface area contributed by atoms with Crippen molar-refractivity contribution in [2.24, 2.45) is 0 Å². The van der Waals surface area contributed by atoms with Crippen molar-refractivity contribution in [3.63, 3.8) is 0 Å². The lowest BCUT2D eigenvalue weighted by Gasteiger charge is -2.24. The Morgan fingerprint density at radius 3 is 2.85 bits per heavy atom. The molecule has 1 amide bonds. The Bertz CT molecular complexity index is 638. The zero-order valence-corrected chi connectivity index (χ0v) is 14.3. The van der Waals surface area contributed by atoms with Crippen LogP contribution < -0.4 is 5.73 Å². The molecule has 1 unspecified atom stereocenters. The molecule has 0 fully saturated rings. The highest BCUT2D eigenvalue weighted by Crippen LogP contribution is 2.36. The quantitative estimate of drug-likeness (QED) is 0.877. The van der Waals surface area contributed by atoms with Crippen molar-refractivity contribution in [3.8, 4) is 0 Å². The van der Waals surface area contributed by atoms with Gasteiger partial charge in [-0.05, 0) is 31.5 Å². The molecule has 20 heavy (non-hydrogen) atoms. The number of fused-ring (bicyclic) bond motifs is 1. The summed E-state index contributed by atoms with van der Waals surface area (Å²) in [5, 5.41) is 0.948. The summed E-state index contributed by atoms with van der Waals surface area (Å²) in [7, 11) is 1.85. The highest BCUT2D eigenvalue weighted by molar-refractivity contribution is 9.10. The molecule has 0 aliphatic heterocycles. The molecule has 0 bridgehead atoms. The topological polar surface area (TPSA) is 46.3 Å². The van der Waals surface area contributed by atoms with Crippen LogP contribution in [-0.4, -0.2) is 23.9 Å². The predicted molar refractivity (Wildman–Crippen MR) is 90.4 cm³/mol. The van der Waals surface area contributed by atoms with Gasteiger partial charge in [0.2, 0.25) is 0 Å². The van der Waals surface area contributed by atoms with Crippen LogP contribution in [0.4, 0.5) is 5.69 Å². The lowest BCUT2D eigenvalue weighted by atomic mass is 10.1. The highest BCUT2D eigenvalue weighted by atomic mass is 79.9. The third-order valence-corrected chi connectivity index (χ3v) is 5.24. The Hall–Kier alpha value is -1.07. The second-order valence-electron chi connectivity index (χ2n) is 5.04. The molecule has 0 aliphatic carbocycles. The number of thiophene rings is 1. The van der Waals surface area contributed by atoms with Crippen molar-refractivity contribution in [2.45, 2.75) is 32.7 Å². The van der Waals surface area contributed by atoms with Crippen LogP contribution in [0.5, 0.6) is 0 Å². The van der Waals surface area contributed by atoms with Gasteiger partial charge in [0.05, 0.1) is 5.69 Å². The number of hydrogen-bond acceptors (Lipinski definition) is 3. The maximum atomic E-state index is 12.6. The lowest BCUT2D eigenvalue weighted by molar-refractivity contribution is 0.0742. The zero-order chi connectivity index (χ0) is 14.9. The first kappa shape index (κ1) is 15.3. The van der Waals surface area contributed by atoms with Gasteiger partial charge in [0.1, 0.15) is 4.88 Å². The smallest absolute Gasteiger partial charge is 0.266 e. The molecule has 3 nitrogen and oxygen atoms in total. The fraction of sp³-hybridized carbons (Fsp3) is 0.400. The summed E-state index contributed by atoms with van der Waals surface area (Å²) in [5.74, 6) is 0.0146. The van der Waals surface area contributed by atoms with Crippen molar-refractivity contribution in [1.82, 2.24) is 4.90 Å². The highest BCUT2D eigenvalue weighted by Gasteiger charge is 2.22. The number of anilines is 1. The number of rotatable bonds is 4. The maximum absolute atomic E-state index is 12.6. The van der Waals surface area contributed by atoms with Gasteiger partial charge < -0.3 is 10.6 Å². The molecular weight excluding hydrogens is 336 g/mol. The van der Waals surface area contributed by atoms with Crippen LogP contribution in [0.2, 0.25) is 0 Å². The molecule has 1 heterocycles. The molecule has 108 valence electrons. The largest absolute Gasteiger partial charge is 0.397 e. The first-order valence-corrected chi connectivity index (χ1v) is 8.31. The number of carbonyl (C=O) groups excluding carboxylic acids is 1. The predicted octanol–water partition coefficient (Wildman–Crippen LogP) is 4.51. The van der Waals surface area contributed by atoms with E-state index in [-0.39, 0.29) is 11.9 Å². The van der Waals surface area contributed by atoms with Crippen molar-refractivity contribution in [1.29, 1.82) is 0 Å². The zero-order valence-electron chi connectivity index (χ0n) is 11.9. The summed E-state index contributed by atoms with van der Waals surface area (Å²) in [6.45, 7) is 4.20. The summed E-state index contributed by atoms with van der Waals surface area (Å²) < 4.78 is 2.02. The van der Waals surface area contributed by atoms with Gasteiger partial charge in [-0.2, -0.15) is 0 Å². The molecule has 0 saturated heterocycles. The Morgan fingerprint density at radius 2 is 2.20 bits per heavy atom. The number of benzene rings is 1. The van der Waals surface area contributed by atoms with E-state index in [1.54, 1.807) is 4.90 Å². The third-order valence-electron chi connectivity index (χ3n) is 3.57. The van der Waals surface area contributed by atoms with Gasteiger partial charge in [0.25, 0.3) is 5.91 Å². The second-order valence-corrected chi connectivity index (χ2v) is 7.01. The Labute approximate surface area is 131 Å². The molecular formula is C15H19BrN2OS. The van der Waals surface area contributed by atoms with Gasteiger partial charge in [-0.1, -0.05) is 29.3 Å². The molecule has 2 aromatic rings. The van der Waals surface area contributed by atoms with Gasteiger partial charge in [-0.15, -0.1) is 11.3 Å². The van der Waals surface area contributed by atoms with E-state index in [4.69, 9.17) is 5.73 Å². The fourth-order valence-corrected chi connectivity index (χ4v) is 3.67. The van der Waals surface area contributed by atoms with Crippen LogP contribution in [0.1, 0.15) is 36.4 Å². The number of amides is 1. The Balaban J connectivity index is 2.37. The normalized spacial score (nSPS) is 12.6. The number of nitrogens with two attached hydrogens (primary N) is 1. The molecule has 1 aromatic carbocycles. The van der Waals surface area contributed by atoms with E-state index in [1.807, 2.05) is 25.2 Å². The van der Waals surface area contributed by atoms with Crippen LogP contribution in [0.15, 0.2) is 22.7 Å². The van der Waals surface area contributed by atoms with Gasteiger partial charge >= 0.3 is 0 Å². The lowest BCUT2D eigenvalue weighted by Crippen LogP contribution is -2.34. The second kappa shape index (κ2) is 6.14. The summed E-state index contributed by atoms with van der Waals surface area (Å²) >= 11 is 4.91. The standard InChI is InChI=1S/C15H19BrN2OS/c1-4-5-9(2)18(3)15(19)14-13(17)11-8-10(16)6-7-12(11)20-14/h6-9H,4-5,17H2,1-3H3. The molecule has 0 saturated carbocycles. The molecule has 0 radical (unpaired) electrons. The van der Waals surface area contributed by atoms with Gasteiger partial charge in [0, 0.05) is 27.6 Å². The van der Waals surface area contributed by atoms with Gasteiger partial charge in [0.15, 0.2) is 0 Å². The van der Waals surface area contributed by atoms with E-state index < -0.39 is 0 Å². The van der Waals surface area contributed by atoms with Crippen molar-refractivity contribution in [3.05, 3.63) is 27.5 Å². The minimum Gasteiger partial charge on any atom is -0.397 e. The molecule has 0 aliphatic rings. The van der Waals surface area contributed by atoms with E-state index in [9.17, 15) is 4.79 Å². The number of nitrogens with zero attached hydrogens (tertiary/aromatic N) is 1. The summed E-state index contributed by atoms with van der Waals surface area (Å²) in [4.78, 5) is 15.0. The summed E-state index contributed by atoms with van der Waals surface area (Å²) in [6, 6.07) is 6.15. The first-order chi connectivity index (χ1) is 9.45. The molecule has 1 aromatic heterocycles. The average molecular weight is 355 g/mol. The van der Waals surface area contributed by atoms with Crippen molar-refractivity contribution < 1.29 is 4.79 Å². The van der Waals surface area contributed by atoms with Crippen LogP contribution >= 0.6 is 27.3 Å². The van der Waals surface area contributed by atoms with E-state index in [2.05, 4.69) is 29.8 Å². The van der Waals surface area contributed by atoms with Crippen LogP contribution in [-0.2, 0) is 0 Å². The third kappa shape index (κ3) is 2.83. The minimum atomic E-state index is 0.0146. The first-order valence-electron chi connectivity index (χ1n) is 6.70. The average Bonchev–Trinajstić information content (AvgIpc) is 2.74. The van der Waals surface area contributed by atoms with Crippen molar-refractivity contribution >= 4 is 48.9 Å². The maximum Gasteiger partial charge on any atom is 0.266 e. The molecule has 5 heteroatoms. The monoisotopic (exact) mass is 354 g/mol. The van der Waals surface area contributed by atoms with E-state index >= 15 is 0 Å². The number of halogens is 1. The SMILES string of the molecule is CCCC(C)N(C)C(=O)c1sc2ccc(Br)cc2c1N. The molecule has 0 spiro atoms. The Kier molecular flexibility index (Phi) is 4.70. The van der Waals surface area contributed by atoms with Crippen molar-refractivity contribution in [2.75, 3.05) is 12.8 Å². The summed E-state index contributed by atoms with van der Waals surface area (Å²) in [6.07, 6.45) is 2.06. The van der Waals surface area contributed by atoms with Crippen LogP contribution in [0.3, 0.4) is 0 Å². The van der Waals surface area contributed by atoms with Gasteiger partial charge in [-0.25, -0.2) is 0 Å². The minimum absolute atomic E-state index is 0.0146. The number of nitrogen functional groups attached to an aromatic ring is 1. The van der Waals surface area contributed by atoms with E-state index in [0.717, 1.165) is 27.4 Å². The number of hydrogen-bond donors (Lipinski definition) is 1. The fourth-order valence-electron chi connectivity index (χ4n) is 2.22. The van der Waals surface area contributed by atoms with Crippen LogP contribution in [0.25, 0.3) is 10.1 Å².